The van der Waals surface area contributed by atoms with Crippen molar-refractivity contribution in [2.75, 3.05) is 11.9 Å². The second kappa shape index (κ2) is 7.49. The fraction of sp³-hybridized carbons (Fsp3) is 0.294. The van der Waals surface area contributed by atoms with Gasteiger partial charge in [-0.15, -0.1) is 0 Å². The number of rotatable bonds is 6. The standard InChI is InChI=1S/C17H20N2O4/c1-4-22-15-10-6-5-8-13(15)18-16(20)12(2)23-17(21)14-9-7-11-19(14)3/h5-12H,4H2,1-3H3,(H,18,20)/t12-/m0/s1. The van der Waals surface area contributed by atoms with Gasteiger partial charge in [-0.3, -0.25) is 4.79 Å². The molecule has 0 fully saturated rings. The van der Waals surface area contributed by atoms with E-state index in [4.69, 9.17) is 9.47 Å². The molecule has 0 spiro atoms. The number of carbonyl (C=O) groups is 2. The summed E-state index contributed by atoms with van der Waals surface area (Å²) >= 11 is 0. The second-order valence-electron chi connectivity index (χ2n) is 4.97. The maximum Gasteiger partial charge on any atom is 0.355 e. The Morgan fingerprint density at radius 2 is 1.96 bits per heavy atom. The Bertz CT molecular complexity index is 693. The average molecular weight is 316 g/mol. The van der Waals surface area contributed by atoms with Gasteiger partial charge in [-0.25, -0.2) is 4.79 Å². The lowest BCUT2D eigenvalue weighted by Gasteiger charge is -2.15. The molecule has 1 aromatic carbocycles. The number of benzene rings is 1. The lowest BCUT2D eigenvalue weighted by atomic mass is 10.2. The molecule has 0 aliphatic heterocycles. The first-order chi connectivity index (χ1) is 11.0. The van der Waals surface area contributed by atoms with Crippen molar-refractivity contribution in [3.63, 3.8) is 0 Å². The molecule has 2 rings (SSSR count). The van der Waals surface area contributed by atoms with Gasteiger partial charge >= 0.3 is 5.97 Å². The highest BCUT2D eigenvalue weighted by atomic mass is 16.5. The largest absolute Gasteiger partial charge is 0.492 e. The Hall–Kier alpha value is -2.76. The van der Waals surface area contributed by atoms with Crippen LogP contribution < -0.4 is 10.1 Å². The lowest BCUT2D eigenvalue weighted by molar-refractivity contribution is -0.123. The zero-order valence-corrected chi connectivity index (χ0v) is 13.4. The van der Waals surface area contributed by atoms with E-state index in [1.807, 2.05) is 13.0 Å². The number of esters is 1. The van der Waals surface area contributed by atoms with Crippen molar-refractivity contribution in [3.05, 3.63) is 48.3 Å². The van der Waals surface area contributed by atoms with Gasteiger partial charge in [0.1, 0.15) is 11.4 Å². The number of anilines is 1. The van der Waals surface area contributed by atoms with E-state index < -0.39 is 18.0 Å². The molecule has 2 aromatic rings. The van der Waals surface area contributed by atoms with Gasteiger partial charge in [0, 0.05) is 13.2 Å². The van der Waals surface area contributed by atoms with E-state index in [9.17, 15) is 9.59 Å². The summed E-state index contributed by atoms with van der Waals surface area (Å²) in [5.74, 6) is -0.387. The molecule has 0 saturated heterocycles. The van der Waals surface area contributed by atoms with Gasteiger partial charge in [0.15, 0.2) is 6.10 Å². The lowest BCUT2D eigenvalue weighted by Crippen LogP contribution is -2.30. The Labute approximate surface area is 135 Å². The molecule has 0 radical (unpaired) electrons. The van der Waals surface area contributed by atoms with Crippen LogP contribution in [0.1, 0.15) is 24.3 Å². The fourth-order valence-corrected chi connectivity index (χ4v) is 2.03. The SMILES string of the molecule is CCOc1ccccc1NC(=O)[C@H](C)OC(=O)c1cccn1C. The summed E-state index contributed by atoms with van der Waals surface area (Å²) in [6.07, 6.45) is 0.812. The van der Waals surface area contributed by atoms with Crippen molar-refractivity contribution in [1.82, 2.24) is 4.57 Å². The van der Waals surface area contributed by atoms with Crippen LogP contribution in [0.25, 0.3) is 0 Å². The predicted octanol–water partition coefficient (Wildman–Crippen LogP) is 2.61. The van der Waals surface area contributed by atoms with Gasteiger partial charge in [-0.05, 0) is 38.1 Å². The van der Waals surface area contributed by atoms with Gasteiger partial charge in [0.05, 0.1) is 12.3 Å². The Morgan fingerprint density at radius 3 is 2.61 bits per heavy atom. The average Bonchev–Trinajstić information content (AvgIpc) is 2.95. The number of hydrogen-bond donors (Lipinski definition) is 1. The molecule has 1 aromatic heterocycles. The van der Waals surface area contributed by atoms with Crippen LogP contribution in [0.15, 0.2) is 42.6 Å². The quantitative estimate of drug-likeness (QED) is 0.832. The normalized spacial score (nSPS) is 11.6. The van der Waals surface area contributed by atoms with E-state index in [-0.39, 0.29) is 0 Å². The molecule has 1 heterocycles. The van der Waals surface area contributed by atoms with Crippen LogP contribution in [-0.4, -0.2) is 29.2 Å². The molecule has 1 atom stereocenters. The Morgan fingerprint density at radius 1 is 1.22 bits per heavy atom. The zero-order valence-electron chi connectivity index (χ0n) is 13.4. The minimum atomic E-state index is -0.924. The number of hydrogen-bond acceptors (Lipinski definition) is 4. The van der Waals surface area contributed by atoms with Gasteiger partial charge in [-0.1, -0.05) is 12.1 Å². The topological polar surface area (TPSA) is 69.6 Å². The fourth-order valence-electron chi connectivity index (χ4n) is 2.03. The van der Waals surface area contributed by atoms with Crippen molar-refractivity contribution in [2.45, 2.75) is 20.0 Å². The van der Waals surface area contributed by atoms with Crippen molar-refractivity contribution in [2.24, 2.45) is 7.05 Å². The number of carbonyl (C=O) groups excluding carboxylic acids is 2. The highest BCUT2D eigenvalue weighted by Gasteiger charge is 2.21. The molecule has 1 amide bonds. The summed E-state index contributed by atoms with van der Waals surface area (Å²) in [6, 6.07) is 10.5. The molecule has 0 saturated carbocycles. The first-order valence-electron chi connectivity index (χ1n) is 7.38. The molecular formula is C17H20N2O4. The van der Waals surface area contributed by atoms with Crippen molar-refractivity contribution >= 4 is 17.6 Å². The van der Waals surface area contributed by atoms with Gasteiger partial charge in [0.2, 0.25) is 0 Å². The summed E-state index contributed by atoms with van der Waals surface area (Å²) < 4.78 is 12.3. The van der Waals surface area contributed by atoms with E-state index in [1.54, 1.807) is 48.1 Å². The molecule has 122 valence electrons. The Balaban J connectivity index is 2.00. The molecule has 0 unspecified atom stereocenters. The molecular weight excluding hydrogens is 296 g/mol. The van der Waals surface area contributed by atoms with Crippen LogP contribution in [0, 0.1) is 0 Å². The van der Waals surface area contributed by atoms with Gasteiger partial charge in [0.25, 0.3) is 5.91 Å². The third-order valence-electron chi connectivity index (χ3n) is 3.25. The summed E-state index contributed by atoms with van der Waals surface area (Å²) in [6.45, 7) is 3.88. The van der Waals surface area contributed by atoms with Crippen LogP contribution in [0.3, 0.4) is 0 Å². The van der Waals surface area contributed by atoms with Crippen molar-refractivity contribution in [1.29, 1.82) is 0 Å². The molecule has 23 heavy (non-hydrogen) atoms. The third kappa shape index (κ3) is 4.12. The minimum absolute atomic E-state index is 0.388. The maximum absolute atomic E-state index is 12.2. The maximum atomic E-state index is 12.2. The molecule has 0 bridgehead atoms. The van der Waals surface area contributed by atoms with Crippen LogP contribution in [0.5, 0.6) is 5.75 Å². The smallest absolute Gasteiger partial charge is 0.355 e. The molecule has 6 nitrogen and oxygen atoms in total. The molecule has 1 N–H and O–H groups in total. The summed E-state index contributed by atoms with van der Waals surface area (Å²) in [7, 11) is 1.74. The van der Waals surface area contributed by atoms with Gasteiger partial charge in [-0.2, -0.15) is 0 Å². The van der Waals surface area contributed by atoms with Crippen LogP contribution >= 0.6 is 0 Å². The second-order valence-corrected chi connectivity index (χ2v) is 4.97. The van der Waals surface area contributed by atoms with Crippen molar-refractivity contribution in [3.8, 4) is 5.75 Å². The number of nitrogens with one attached hydrogen (secondary N) is 1. The molecule has 6 heteroatoms. The Kier molecular flexibility index (Phi) is 5.41. The number of aromatic nitrogens is 1. The highest BCUT2D eigenvalue weighted by Crippen LogP contribution is 2.24. The van der Waals surface area contributed by atoms with Gasteiger partial charge < -0.3 is 19.4 Å². The zero-order chi connectivity index (χ0) is 16.8. The van der Waals surface area contributed by atoms with Crippen LogP contribution in [0.2, 0.25) is 0 Å². The van der Waals surface area contributed by atoms with E-state index in [1.165, 1.54) is 6.92 Å². The first-order valence-corrected chi connectivity index (χ1v) is 7.38. The monoisotopic (exact) mass is 316 g/mol. The van der Waals surface area contributed by atoms with E-state index in [0.717, 1.165) is 0 Å². The van der Waals surface area contributed by atoms with E-state index in [0.29, 0.717) is 23.7 Å². The third-order valence-corrected chi connectivity index (χ3v) is 3.25. The van der Waals surface area contributed by atoms with E-state index >= 15 is 0 Å². The molecule has 0 aliphatic rings. The number of para-hydroxylation sites is 2. The van der Waals surface area contributed by atoms with Crippen LogP contribution in [0.4, 0.5) is 5.69 Å². The summed E-state index contributed by atoms with van der Waals surface area (Å²) in [5, 5.41) is 2.71. The molecule has 0 aliphatic carbocycles. The number of amides is 1. The predicted molar refractivity (Wildman–Crippen MR) is 86.5 cm³/mol. The first kappa shape index (κ1) is 16.6. The minimum Gasteiger partial charge on any atom is -0.492 e. The summed E-state index contributed by atoms with van der Waals surface area (Å²) in [5.41, 5.74) is 0.931. The van der Waals surface area contributed by atoms with E-state index in [2.05, 4.69) is 5.32 Å². The summed E-state index contributed by atoms with van der Waals surface area (Å²) in [4.78, 5) is 24.2. The number of nitrogens with zero attached hydrogens (tertiary/aromatic N) is 1. The number of aryl methyl sites for hydroxylation is 1. The highest BCUT2D eigenvalue weighted by molar-refractivity contribution is 5.97. The van der Waals surface area contributed by atoms with Crippen molar-refractivity contribution < 1.29 is 19.1 Å². The van der Waals surface area contributed by atoms with Crippen LogP contribution in [-0.2, 0) is 16.6 Å². The number of ether oxygens (including phenoxy) is 2.